The Morgan fingerprint density at radius 3 is 1.44 bits per heavy atom. The zero-order valence-electron chi connectivity index (χ0n) is 30.1. The Morgan fingerprint density at radius 2 is 1.29 bits per heavy atom. The molecule has 4 rings (SSSR count). The maximum absolute atomic E-state index is 5.38. The van der Waals surface area contributed by atoms with Crippen molar-refractivity contribution < 1.29 is 81.2 Å². The van der Waals surface area contributed by atoms with Crippen molar-refractivity contribution in [3.8, 4) is 0 Å². The molecule has 2 heterocycles. The van der Waals surface area contributed by atoms with E-state index < -0.39 is 0 Å². The van der Waals surface area contributed by atoms with Gasteiger partial charge in [0.05, 0.1) is 12.7 Å². The summed E-state index contributed by atoms with van der Waals surface area (Å²) in [5.41, 5.74) is 0. The maximum atomic E-state index is 5.38. The van der Waals surface area contributed by atoms with Crippen molar-refractivity contribution >= 4 is 0 Å². The molecule has 0 aromatic carbocycles. The van der Waals surface area contributed by atoms with Crippen molar-refractivity contribution in [3.05, 3.63) is 12.3 Å². The first-order chi connectivity index (χ1) is 17.9. The second-order valence-corrected chi connectivity index (χ2v) is 16.7. The van der Waals surface area contributed by atoms with Crippen LogP contribution in [0, 0.1) is 94.4 Å². The van der Waals surface area contributed by atoms with E-state index in [1.54, 1.807) is 5.92 Å². The molecular formula is C35H72O3ReRfXe-2. The average molecular weight is 1130 g/mol. The van der Waals surface area contributed by atoms with Gasteiger partial charge in [0.1, 0.15) is 0 Å². The van der Waals surface area contributed by atoms with Crippen molar-refractivity contribution in [2.45, 2.75) is 161 Å². The normalized spacial score (nSPS) is 31.7. The van der Waals surface area contributed by atoms with Crippen molar-refractivity contribution in [2.75, 3.05) is 13.2 Å². The monoisotopic (exact) mass is 1130 g/mol. The molecule has 0 bridgehead atoms. The third-order valence-corrected chi connectivity index (χ3v) is 8.36. The van der Waals surface area contributed by atoms with Crippen LogP contribution in [0.25, 0.3) is 0 Å². The van der Waals surface area contributed by atoms with Crippen LogP contribution in [0.3, 0.4) is 0 Å². The van der Waals surface area contributed by atoms with Crippen molar-refractivity contribution in [1.29, 1.82) is 0 Å². The molecule has 0 aromatic rings. The molecule has 6 heteroatoms. The summed E-state index contributed by atoms with van der Waals surface area (Å²) < 4.78 is 16.3. The summed E-state index contributed by atoms with van der Waals surface area (Å²) in [5, 5.41) is 0. The first-order valence-electron chi connectivity index (χ1n) is 16.1. The summed E-state index contributed by atoms with van der Waals surface area (Å²) in [6.07, 6.45) is 11.3. The molecule has 41 heavy (non-hydrogen) atoms. The van der Waals surface area contributed by atoms with E-state index in [0.29, 0.717) is 18.0 Å². The van der Waals surface area contributed by atoms with E-state index in [0.717, 1.165) is 49.2 Å². The molecule has 2 saturated heterocycles. The molecule has 4 fully saturated rings. The molecule has 249 valence electrons. The standard InChI is InChI=1S/C7H14O2.C7H14.C7H16.C5H9O.C5H9Xe.C4H10.Re.Rf/c1-5-4-8-7(3)9-6(5)2;1-6-3-4-7(2)5-6;1-6(2)5-7(3)4;1-5-3-2-4-6-5;1-4-3-5(4,2)6;1-4(2)3;;/h5-7H,4H2,1-3H3;6-7H,3-5H2,1-2H3;6-7H,5H2,1-4H3;2,5H,3-4H2,1H3;6H,3H2,1-2H3;4H,1-3H3;;/q;;;2*-1;;;. The van der Waals surface area contributed by atoms with Gasteiger partial charge in [0.2, 0.25) is 0 Å². The van der Waals surface area contributed by atoms with Gasteiger partial charge in [0.25, 0.3) is 0 Å². The largest absolute Gasteiger partial charge is 0 e. The van der Waals surface area contributed by atoms with Crippen molar-refractivity contribution in [2.24, 2.45) is 35.5 Å². The van der Waals surface area contributed by atoms with Crippen LogP contribution in [0.2, 0.25) is -0.117 Å². The Bertz CT molecular complexity index is 536. The van der Waals surface area contributed by atoms with E-state index in [-0.39, 0.29) is 26.7 Å². The van der Waals surface area contributed by atoms with E-state index in [1.165, 1.54) is 32.1 Å². The van der Waals surface area contributed by atoms with E-state index in [1.807, 2.05) is 6.92 Å². The second-order valence-electron chi connectivity index (χ2n) is 14.3. The van der Waals surface area contributed by atoms with E-state index in [9.17, 15) is 0 Å². The molecule has 2 saturated carbocycles. The topological polar surface area (TPSA) is 27.7 Å². The van der Waals surface area contributed by atoms with Gasteiger partial charge in [-0.15, -0.1) is 0 Å². The molecule has 2 aliphatic heterocycles. The minimum Gasteiger partial charge on any atom is 0 e. The molecule has 0 N–H and O–H groups in total. The SMILES string of the molecule is CC(C)C.CC(C)CC(C)C.CC1CCC(C)C1.CC1C[CH-]CO1.CC1OCC(C)C(C)O1.C[C-]1CC1(C)[XeH].[Re].[Rf]. The van der Waals surface area contributed by atoms with Gasteiger partial charge in [-0.2, -0.15) is 6.42 Å². The van der Waals surface area contributed by atoms with Gasteiger partial charge in [-0.25, -0.2) is 0 Å². The predicted octanol–water partition coefficient (Wildman–Crippen LogP) is 10.6. The van der Waals surface area contributed by atoms with Gasteiger partial charge in [-0.05, 0) is 63.2 Å². The van der Waals surface area contributed by atoms with Gasteiger partial charge in [-0.3, -0.25) is 0 Å². The second kappa shape index (κ2) is 27.4. The van der Waals surface area contributed by atoms with Crippen LogP contribution in [0.15, 0.2) is 0 Å². The Kier molecular flexibility index (Phi) is 32.8. The number of hydrogen-bond donors (Lipinski definition) is 0. The third-order valence-electron chi connectivity index (χ3n) is 7.06. The van der Waals surface area contributed by atoms with E-state index >= 15 is 0 Å². The van der Waals surface area contributed by atoms with Gasteiger partial charge in [-0.1, -0.05) is 88.7 Å². The van der Waals surface area contributed by atoms with Crippen LogP contribution in [-0.2, 0) is 34.6 Å². The summed E-state index contributed by atoms with van der Waals surface area (Å²) in [7, 11) is 0. The zero-order valence-corrected chi connectivity index (χ0v) is 41.4. The van der Waals surface area contributed by atoms with Crippen LogP contribution in [-0.4, -0.2) is 31.7 Å². The minimum atomic E-state index is -0.00352. The Balaban J connectivity index is -0.000000201. The van der Waals surface area contributed by atoms with Crippen LogP contribution >= 0.6 is 0 Å². The van der Waals surface area contributed by atoms with Crippen molar-refractivity contribution in [1.82, 2.24) is 0 Å². The quantitative estimate of drug-likeness (QED) is 0.258. The summed E-state index contributed by atoms with van der Waals surface area (Å²) in [6.45, 7) is 34.7. The summed E-state index contributed by atoms with van der Waals surface area (Å²) in [6, 6.07) is 0. The smallest absolute Gasteiger partial charge is 0 e. The first-order valence-corrected chi connectivity index (χ1v) is 17.2. The Hall–Kier alpha value is 1.11. The fourth-order valence-electron chi connectivity index (χ4n) is 4.39. The van der Waals surface area contributed by atoms with Gasteiger partial charge < -0.3 is 20.6 Å². The van der Waals surface area contributed by atoms with Crippen LogP contribution < -0.4 is 0 Å². The number of rotatable bonds is 2. The van der Waals surface area contributed by atoms with Crippen LogP contribution in [0.4, 0.5) is 0 Å². The molecule has 3 nitrogen and oxygen atoms in total. The van der Waals surface area contributed by atoms with Crippen LogP contribution in [0.1, 0.15) is 142 Å². The van der Waals surface area contributed by atoms with E-state index in [2.05, 4.69) is 150 Å². The summed E-state index contributed by atoms with van der Waals surface area (Å²) in [5.74, 6) is 6.81. The van der Waals surface area contributed by atoms with Crippen LogP contribution in [0.5, 0.6) is 0 Å². The van der Waals surface area contributed by atoms with Gasteiger partial charge >= 0.3 is 72.6 Å². The molecule has 7 unspecified atom stereocenters. The van der Waals surface area contributed by atoms with Gasteiger partial charge in [0, 0.05) is 32.4 Å². The Labute approximate surface area is 299 Å². The molecule has 2 aliphatic carbocycles. The number of hydrogen-bond acceptors (Lipinski definition) is 3. The van der Waals surface area contributed by atoms with E-state index in [4.69, 9.17) is 14.2 Å². The molecule has 7 atom stereocenters. The number of ether oxygens (including phenoxy) is 3. The molecule has 0 aromatic heterocycles. The third kappa shape index (κ3) is 33.8. The van der Waals surface area contributed by atoms with Gasteiger partial charge in [0.15, 0.2) is 6.29 Å². The molecule has 1 radical (unpaired) electrons. The maximum Gasteiger partial charge on any atom is 0 e. The minimum absolute atomic E-state index is 0. The average Bonchev–Trinajstić information content (AvgIpc) is 3.14. The molecule has 0 amide bonds. The molecule has 0 spiro atoms. The fourth-order valence-corrected chi connectivity index (χ4v) is 4.96. The summed E-state index contributed by atoms with van der Waals surface area (Å²) in [4.78, 5) is 0. The predicted molar refractivity (Wildman–Crippen MR) is 170 cm³/mol. The first kappa shape index (κ1) is 49.0. The molecule has 4 aliphatic rings. The molecular weight excluding hydrogens is 1050 g/mol. The Morgan fingerprint density at radius 1 is 0.878 bits per heavy atom. The fraction of sp³-hybridized carbons (Fsp3) is 0.943. The van der Waals surface area contributed by atoms with Crippen molar-refractivity contribution in [3.63, 3.8) is 0 Å². The summed E-state index contributed by atoms with van der Waals surface area (Å²) >= 11 is 2.48. The zero-order chi connectivity index (χ0) is 30.8.